The van der Waals surface area contributed by atoms with Crippen LogP contribution in [0.4, 0.5) is 0 Å². The molecular formula is C14H19NO4S. The molecule has 0 spiro atoms. The Kier molecular flexibility index (Phi) is 4.77. The van der Waals surface area contributed by atoms with Crippen molar-refractivity contribution in [3.05, 3.63) is 35.4 Å². The highest BCUT2D eigenvalue weighted by Gasteiger charge is 2.34. The molecule has 0 bridgehead atoms. The monoisotopic (exact) mass is 297 g/mol. The highest BCUT2D eigenvalue weighted by Crippen LogP contribution is 2.19. The van der Waals surface area contributed by atoms with Gasteiger partial charge in [0.25, 0.3) is 0 Å². The number of amides is 1. The fourth-order valence-electron chi connectivity index (χ4n) is 2.39. The van der Waals surface area contributed by atoms with E-state index in [-0.39, 0.29) is 18.9 Å². The van der Waals surface area contributed by atoms with Crippen molar-refractivity contribution in [1.29, 1.82) is 0 Å². The maximum Gasteiger partial charge on any atom is 0.238 e. The minimum Gasteiger partial charge on any atom is -0.392 e. The molecule has 0 radical (unpaired) electrons. The van der Waals surface area contributed by atoms with Gasteiger partial charge in [0, 0.05) is 6.54 Å². The molecular weight excluding hydrogens is 278 g/mol. The van der Waals surface area contributed by atoms with Crippen molar-refractivity contribution in [2.75, 3.05) is 5.75 Å². The molecule has 0 aliphatic carbocycles. The third kappa shape index (κ3) is 3.58. The molecule has 2 rings (SSSR count). The summed E-state index contributed by atoms with van der Waals surface area (Å²) >= 11 is 0. The van der Waals surface area contributed by atoms with Crippen LogP contribution in [0, 0.1) is 0 Å². The number of benzene rings is 1. The summed E-state index contributed by atoms with van der Waals surface area (Å²) in [5.41, 5.74) is 1.61. The van der Waals surface area contributed by atoms with Crippen LogP contribution in [0.3, 0.4) is 0 Å². The molecule has 1 atom stereocenters. The Morgan fingerprint density at radius 2 is 2.05 bits per heavy atom. The zero-order valence-corrected chi connectivity index (χ0v) is 12.0. The lowest BCUT2D eigenvalue weighted by molar-refractivity contribution is -0.121. The maximum atomic E-state index is 12.0. The van der Waals surface area contributed by atoms with Crippen molar-refractivity contribution >= 4 is 15.7 Å². The molecule has 20 heavy (non-hydrogen) atoms. The van der Waals surface area contributed by atoms with Crippen molar-refractivity contribution in [1.82, 2.24) is 5.32 Å². The number of hydrogen-bond acceptors (Lipinski definition) is 4. The van der Waals surface area contributed by atoms with E-state index < -0.39 is 21.0 Å². The average molecular weight is 297 g/mol. The highest BCUT2D eigenvalue weighted by atomic mass is 32.2. The summed E-state index contributed by atoms with van der Waals surface area (Å²) in [6.45, 7) is 0.220. The van der Waals surface area contributed by atoms with Gasteiger partial charge in [-0.15, -0.1) is 0 Å². The van der Waals surface area contributed by atoms with Gasteiger partial charge in [0.2, 0.25) is 5.91 Å². The third-order valence-corrected chi connectivity index (χ3v) is 5.69. The van der Waals surface area contributed by atoms with Gasteiger partial charge in [-0.25, -0.2) is 8.42 Å². The standard InChI is InChI=1S/C14H19NO4S/c16-10-12-5-3-4-11(8-12)9-15-14(17)13-6-1-2-7-20(13,18)19/h3-5,8,13,16H,1-2,6-7,9-10H2,(H,15,17). The molecule has 1 unspecified atom stereocenters. The summed E-state index contributed by atoms with van der Waals surface area (Å²) in [7, 11) is -3.29. The van der Waals surface area contributed by atoms with E-state index in [4.69, 9.17) is 5.11 Å². The normalized spacial score (nSPS) is 21.4. The van der Waals surface area contributed by atoms with Gasteiger partial charge in [0.1, 0.15) is 5.25 Å². The van der Waals surface area contributed by atoms with Gasteiger partial charge in [0.15, 0.2) is 9.84 Å². The second-order valence-corrected chi connectivity index (χ2v) is 7.35. The van der Waals surface area contributed by atoms with E-state index in [9.17, 15) is 13.2 Å². The van der Waals surface area contributed by atoms with E-state index in [2.05, 4.69) is 5.32 Å². The van der Waals surface area contributed by atoms with Gasteiger partial charge in [0.05, 0.1) is 12.4 Å². The molecule has 1 amide bonds. The van der Waals surface area contributed by atoms with Crippen molar-refractivity contribution in [3.63, 3.8) is 0 Å². The molecule has 1 aliphatic heterocycles. The second-order valence-electron chi connectivity index (χ2n) is 5.05. The first kappa shape index (κ1) is 15.0. The topological polar surface area (TPSA) is 83.5 Å². The molecule has 1 saturated heterocycles. The Morgan fingerprint density at radius 3 is 2.75 bits per heavy atom. The molecule has 1 heterocycles. The van der Waals surface area contributed by atoms with Crippen LogP contribution in [-0.4, -0.2) is 30.4 Å². The molecule has 1 aromatic rings. The first-order valence-electron chi connectivity index (χ1n) is 6.71. The Morgan fingerprint density at radius 1 is 1.30 bits per heavy atom. The van der Waals surface area contributed by atoms with E-state index in [1.54, 1.807) is 18.2 Å². The first-order valence-corrected chi connectivity index (χ1v) is 8.42. The third-order valence-electron chi connectivity index (χ3n) is 3.51. The van der Waals surface area contributed by atoms with Gasteiger partial charge in [-0.3, -0.25) is 4.79 Å². The van der Waals surface area contributed by atoms with Gasteiger partial charge < -0.3 is 10.4 Å². The predicted molar refractivity (Wildman–Crippen MR) is 75.6 cm³/mol. The average Bonchev–Trinajstić information content (AvgIpc) is 2.44. The lowest BCUT2D eigenvalue weighted by atomic mass is 10.1. The summed E-state index contributed by atoms with van der Waals surface area (Å²) in [6, 6.07) is 7.20. The molecule has 0 aromatic heterocycles. The van der Waals surface area contributed by atoms with Gasteiger partial charge in [-0.1, -0.05) is 30.7 Å². The van der Waals surface area contributed by atoms with Crippen molar-refractivity contribution < 1.29 is 18.3 Å². The van der Waals surface area contributed by atoms with E-state index in [0.29, 0.717) is 12.8 Å². The van der Waals surface area contributed by atoms with Gasteiger partial charge >= 0.3 is 0 Å². The van der Waals surface area contributed by atoms with E-state index in [1.807, 2.05) is 6.07 Å². The zero-order chi connectivity index (χ0) is 14.6. The Bertz CT molecular complexity index is 583. The summed E-state index contributed by atoms with van der Waals surface area (Å²) in [6.07, 6.45) is 1.83. The maximum absolute atomic E-state index is 12.0. The van der Waals surface area contributed by atoms with E-state index in [1.165, 1.54) is 0 Å². The van der Waals surface area contributed by atoms with Crippen LogP contribution in [0.1, 0.15) is 30.4 Å². The first-order chi connectivity index (χ1) is 9.53. The number of sulfone groups is 1. The minimum atomic E-state index is -3.29. The summed E-state index contributed by atoms with van der Waals surface area (Å²) in [5, 5.41) is 10.8. The summed E-state index contributed by atoms with van der Waals surface area (Å²) in [4.78, 5) is 12.0. The van der Waals surface area contributed by atoms with Gasteiger partial charge in [-0.05, 0) is 24.0 Å². The van der Waals surface area contributed by atoms with Crippen LogP contribution in [0.15, 0.2) is 24.3 Å². The molecule has 110 valence electrons. The van der Waals surface area contributed by atoms with Crippen LogP contribution >= 0.6 is 0 Å². The van der Waals surface area contributed by atoms with Crippen LogP contribution in [-0.2, 0) is 27.8 Å². The number of aliphatic hydroxyl groups excluding tert-OH is 1. The number of carbonyl (C=O) groups is 1. The number of nitrogens with one attached hydrogen (secondary N) is 1. The fraction of sp³-hybridized carbons (Fsp3) is 0.500. The zero-order valence-electron chi connectivity index (χ0n) is 11.2. The van der Waals surface area contributed by atoms with Crippen LogP contribution in [0.2, 0.25) is 0 Å². The summed E-state index contributed by atoms with van der Waals surface area (Å²) in [5.74, 6) is -0.315. The molecule has 1 aromatic carbocycles. The quantitative estimate of drug-likeness (QED) is 0.859. The molecule has 0 saturated carbocycles. The Balaban J connectivity index is 1.97. The number of hydrogen-bond donors (Lipinski definition) is 2. The van der Waals surface area contributed by atoms with E-state index in [0.717, 1.165) is 17.5 Å². The molecule has 6 heteroatoms. The molecule has 5 nitrogen and oxygen atoms in total. The second kappa shape index (κ2) is 6.37. The van der Waals surface area contributed by atoms with Gasteiger partial charge in [-0.2, -0.15) is 0 Å². The number of rotatable bonds is 4. The lowest BCUT2D eigenvalue weighted by Crippen LogP contribution is -2.42. The summed E-state index contributed by atoms with van der Waals surface area (Å²) < 4.78 is 23.7. The van der Waals surface area contributed by atoms with Crippen molar-refractivity contribution in [2.45, 2.75) is 37.7 Å². The Labute approximate surface area is 118 Å². The largest absolute Gasteiger partial charge is 0.392 e. The SMILES string of the molecule is O=C(NCc1cccc(CO)c1)C1CCCCS1(=O)=O. The molecule has 1 aliphatic rings. The fourth-order valence-corrected chi connectivity index (χ4v) is 4.22. The van der Waals surface area contributed by atoms with Crippen LogP contribution in [0.25, 0.3) is 0 Å². The minimum absolute atomic E-state index is 0.0568. The number of aliphatic hydroxyl groups is 1. The predicted octanol–water partition coefficient (Wildman–Crippen LogP) is 0.762. The van der Waals surface area contributed by atoms with Crippen molar-refractivity contribution in [3.8, 4) is 0 Å². The van der Waals surface area contributed by atoms with Crippen LogP contribution < -0.4 is 5.32 Å². The smallest absolute Gasteiger partial charge is 0.238 e. The van der Waals surface area contributed by atoms with E-state index >= 15 is 0 Å². The lowest BCUT2D eigenvalue weighted by Gasteiger charge is -2.21. The molecule has 2 N–H and O–H groups in total. The number of carbonyl (C=O) groups excluding carboxylic acids is 1. The van der Waals surface area contributed by atoms with Crippen LogP contribution in [0.5, 0.6) is 0 Å². The molecule has 1 fully saturated rings. The Hall–Kier alpha value is -1.40. The van der Waals surface area contributed by atoms with Crippen molar-refractivity contribution in [2.24, 2.45) is 0 Å². The highest BCUT2D eigenvalue weighted by molar-refractivity contribution is 7.92.